The van der Waals surface area contributed by atoms with E-state index in [9.17, 15) is 4.79 Å². The van der Waals surface area contributed by atoms with E-state index >= 15 is 0 Å². The van der Waals surface area contributed by atoms with Crippen molar-refractivity contribution in [2.45, 2.75) is 27.3 Å². The lowest BCUT2D eigenvalue weighted by atomic mass is 10.1. The van der Waals surface area contributed by atoms with Gasteiger partial charge in [0.1, 0.15) is 5.76 Å². The van der Waals surface area contributed by atoms with Crippen LogP contribution in [0.3, 0.4) is 0 Å². The molecule has 0 saturated carbocycles. The zero-order chi connectivity index (χ0) is 17.3. The third kappa shape index (κ3) is 3.19. The predicted octanol–water partition coefficient (Wildman–Crippen LogP) is 3.75. The van der Waals surface area contributed by atoms with Crippen LogP contribution in [0.25, 0.3) is 0 Å². The molecule has 0 aliphatic rings. The lowest BCUT2D eigenvalue weighted by molar-refractivity contribution is 0.101. The number of hydrogen-bond acceptors (Lipinski definition) is 4. The molecule has 1 aromatic carbocycles. The summed E-state index contributed by atoms with van der Waals surface area (Å²) in [4.78, 5) is 12.6. The van der Waals surface area contributed by atoms with Crippen LogP contribution in [0, 0.1) is 20.8 Å². The monoisotopic (exact) mass is 344 g/mol. The van der Waals surface area contributed by atoms with Crippen molar-refractivity contribution in [3.8, 4) is 0 Å². The number of amides is 1. The number of halogens is 1. The third-order valence-electron chi connectivity index (χ3n) is 3.97. The summed E-state index contributed by atoms with van der Waals surface area (Å²) in [5, 5.41) is 11.5. The minimum Gasteiger partial charge on any atom is -0.361 e. The van der Waals surface area contributed by atoms with E-state index in [1.165, 1.54) is 0 Å². The van der Waals surface area contributed by atoms with Gasteiger partial charge in [0, 0.05) is 17.4 Å². The van der Waals surface area contributed by atoms with Crippen molar-refractivity contribution in [3.63, 3.8) is 0 Å². The standard InChI is InChI=1S/C17H17ClN4O2/c1-10-5-4-6-15(11(10)2)20-17(23)16-14(12(3)24-21-16)9-22-8-13(18)7-19-22/h4-8H,9H2,1-3H3,(H,20,23). The Kier molecular flexibility index (Phi) is 4.40. The SMILES string of the molecule is Cc1cccc(NC(=O)c2noc(C)c2Cn2cc(Cl)cn2)c1C. The minimum absolute atomic E-state index is 0.250. The highest BCUT2D eigenvalue weighted by Crippen LogP contribution is 2.21. The molecule has 7 heteroatoms. The van der Waals surface area contributed by atoms with Gasteiger partial charge in [-0.25, -0.2) is 0 Å². The average molecular weight is 345 g/mol. The second-order valence-corrected chi connectivity index (χ2v) is 6.06. The molecule has 0 unspecified atom stereocenters. The first-order chi connectivity index (χ1) is 11.5. The Morgan fingerprint density at radius 1 is 1.33 bits per heavy atom. The van der Waals surface area contributed by atoms with Crippen LogP contribution < -0.4 is 5.32 Å². The van der Waals surface area contributed by atoms with Crippen LogP contribution in [-0.4, -0.2) is 20.8 Å². The van der Waals surface area contributed by atoms with E-state index in [0.29, 0.717) is 22.9 Å². The Morgan fingerprint density at radius 3 is 2.83 bits per heavy atom. The highest BCUT2D eigenvalue weighted by molar-refractivity contribution is 6.30. The first-order valence-corrected chi connectivity index (χ1v) is 7.84. The van der Waals surface area contributed by atoms with E-state index in [1.54, 1.807) is 24.0 Å². The van der Waals surface area contributed by atoms with Gasteiger partial charge >= 0.3 is 0 Å². The van der Waals surface area contributed by atoms with Gasteiger partial charge in [-0.15, -0.1) is 0 Å². The lowest BCUT2D eigenvalue weighted by Gasteiger charge is -2.10. The maximum Gasteiger partial charge on any atom is 0.278 e. The summed E-state index contributed by atoms with van der Waals surface area (Å²) in [6.45, 7) is 6.09. The number of carbonyl (C=O) groups is 1. The number of nitrogens with zero attached hydrogens (tertiary/aromatic N) is 3. The minimum atomic E-state index is -0.311. The van der Waals surface area contributed by atoms with Gasteiger partial charge in [-0.1, -0.05) is 28.9 Å². The molecule has 0 bridgehead atoms. The lowest BCUT2D eigenvalue weighted by Crippen LogP contribution is -2.16. The summed E-state index contributed by atoms with van der Waals surface area (Å²) in [5.74, 6) is 0.265. The van der Waals surface area contributed by atoms with Gasteiger partial charge in [0.25, 0.3) is 5.91 Å². The van der Waals surface area contributed by atoms with Gasteiger partial charge in [0.15, 0.2) is 5.69 Å². The quantitative estimate of drug-likeness (QED) is 0.782. The van der Waals surface area contributed by atoms with Crippen molar-refractivity contribution in [1.82, 2.24) is 14.9 Å². The summed E-state index contributed by atoms with van der Waals surface area (Å²) in [7, 11) is 0. The van der Waals surface area contributed by atoms with Crippen molar-refractivity contribution in [1.29, 1.82) is 0 Å². The second kappa shape index (κ2) is 6.49. The van der Waals surface area contributed by atoms with Crippen molar-refractivity contribution in [2.75, 3.05) is 5.32 Å². The summed E-state index contributed by atoms with van der Waals surface area (Å²) in [6.07, 6.45) is 3.22. The van der Waals surface area contributed by atoms with Crippen LogP contribution in [0.2, 0.25) is 5.02 Å². The van der Waals surface area contributed by atoms with Crippen molar-refractivity contribution >= 4 is 23.2 Å². The van der Waals surface area contributed by atoms with Gasteiger partial charge in [0.05, 0.1) is 17.8 Å². The van der Waals surface area contributed by atoms with Crippen LogP contribution in [0.15, 0.2) is 35.1 Å². The number of aromatic nitrogens is 3. The summed E-state index contributed by atoms with van der Waals surface area (Å²) in [5.41, 5.74) is 3.81. The number of benzene rings is 1. The number of carbonyl (C=O) groups excluding carboxylic acids is 1. The number of hydrogen-bond donors (Lipinski definition) is 1. The molecule has 24 heavy (non-hydrogen) atoms. The molecule has 3 aromatic rings. The summed E-state index contributed by atoms with van der Waals surface area (Å²) < 4.78 is 6.84. The first-order valence-electron chi connectivity index (χ1n) is 7.46. The maximum absolute atomic E-state index is 12.6. The van der Waals surface area contributed by atoms with E-state index in [-0.39, 0.29) is 11.6 Å². The fourth-order valence-electron chi connectivity index (χ4n) is 2.41. The van der Waals surface area contributed by atoms with E-state index in [1.807, 2.05) is 32.0 Å². The number of rotatable bonds is 4. The van der Waals surface area contributed by atoms with Gasteiger partial charge in [-0.05, 0) is 38.0 Å². The van der Waals surface area contributed by atoms with Crippen LogP contribution in [0.1, 0.15) is 32.9 Å². The summed E-state index contributed by atoms with van der Waals surface area (Å²) in [6, 6.07) is 5.76. The maximum atomic E-state index is 12.6. The van der Waals surface area contributed by atoms with E-state index in [4.69, 9.17) is 16.1 Å². The molecule has 1 N–H and O–H groups in total. The van der Waals surface area contributed by atoms with Crippen LogP contribution in [0.5, 0.6) is 0 Å². The Labute approximate surface area is 144 Å². The zero-order valence-electron chi connectivity index (χ0n) is 13.6. The van der Waals surface area contributed by atoms with Crippen molar-refractivity contribution in [2.24, 2.45) is 0 Å². The fourth-order valence-corrected chi connectivity index (χ4v) is 2.57. The molecule has 0 aliphatic carbocycles. The third-order valence-corrected chi connectivity index (χ3v) is 4.17. The fraction of sp³-hybridized carbons (Fsp3) is 0.235. The van der Waals surface area contributed by atoms with E-state index < -0.39 is 0 Å². The molecule has 3 rings (SSSR count). The molecule has 2 heterocycles. The molecule has 0 spiro atoms. The predicted molar refractivity (Wildman–Crippen MR) is 91.4 cm³/mol. The van der Waals surface area contributed by atoms with Gasteiger partial charge in [0.2, 0.25) is 0 Å². The Balaban J connectivity index is 1.86. The van der Waals surface area contributed by atoms with E-state index in [0.717, 1.165) is 16.8 Å². The van der Waals surface area contributed by atoms with Crippen LogP contribution >= 0.6 is 11.6 Å². The molecular formula is C17H17ClN4O2. The van der Waals surface area contributed by atoms with Crippen LogP contribution in [-0.2, 0) is 6.54 Å². The Hall–Kier alpha value is -2.60. The normalized spacial score (nSPS) is 10.8. The number of anilines is 1. The van der Waals surface area contributed by atoms with Crippen LogP contribution in [0.4, 0.5) is 5.69 Å². The molecule has 0 atom stereocenters. The molecule has 0 aliphatic heterocycles. The molecule has 2 aromatic heterocycles. The van der Waals surface area contributed by atoms with Crippen molar-refractivity contribution in [3.05, 3.63) is 63.8 Å². The van der Waals surface area contributed by atoms with E-state index in [2.05, 4.69) is 15.6 Å². The molecule has 0 radical (unpaired) electrons. The zero-order valence-corrected chi connectivity index (χ0v) is 14.4. The largest absolute Gasteiger partial charge is 0.361 e. The summed E-state index contributed by atoms with van der Waals surface area (Å²) >= 11 is 5.88. The van der Waals surface area contributed by atoms with Gasteiger partial charge < -0.3 is 9.84 Å². The highest BCUT2D eigenvalue weighted by atomic mass is 35.5. The molecule has 0 saturated heterocycles. The van der Waals surface area contributed by atoms with Gasteiger partial charge in [-0.2, -0.15) is 5.10 Å². The molecular weight excluding hydrogens is 328 g/mol. The highest BCUT2D eigenvalue weighted by Gasteiger charge is 2.21. The first kappa shape index (κ1) is 16.3. The van der Waals surface area contributed by atoms with Gasteiger partial charge in [-0.3, -0.25) is 9.48 Å². The second-order valence-electron chi connectivity index (χ2n) is 5.62. The van der Waals surface area contributed by atoms with Crippen molar-refractivity contribution < 1.29 is 9.32 Å². The molecule has 0 fully saturated rings. The topological polar surface area (TPSA) is 73.0 Å². The molecule has 6 nitrogen and oxygen atoms in total. The Morgan fingerprint density at radius 2 is 2.12 bits per heavy atom. The Bertz CT molecular complexity index is 898. The number of nitrogens with one attached hydrogen (secondary N) is 1. The molecule has 124 valence electrons. The molecule has 1 amide bonds. The number of aryl methyl sites for hydroxylation is 2. The average Bonchev–Trinajstić information content (AvgIpc) is 3.11. The smallest absolute Gasteiger partial charge is 0.278 e.